The number of halogens is 1. The Morgan fingerprint density at radius 1 is 1.00 bits per heavy atom. The maximum Gasteiger partial charge on any atom is 0.267 e. The quantitative estimate of drug-likeness (QED) is 0.581. The zero-order chi connectivity index (χ0) is 18.8. The van der Waals surface area contributed by atoms with Crippen LogP contribution in [0.4, 0.5) is 16.0 Å². The van der Waals surface area contributed by atoms with Crippen LogP contribution < -0.4 is 10.9 Å². The third kappa shape index (κ3) is 3.30. The molecule has 0 aliphatic rings. The summed E-state index contributed by atoms with van der Waals surface area (Å²) < 4.78 is 15.1. The molecule has 4 rings (SSSR count). The Bertz CT molecular complexity index is 1170. The minimum Gasteiger partial charge on any atom is -0.392 e. The van der Waals surface area contributed by atoms with Crippen LogP contribution in [0.3, 0.4) is 0 Å². The summed E-state index contributed by atoms with van der Waals surface area (Å²) in [5, 5.41) is 12.7. The zero-order valence-corrected chi connectivity index (χ0v) is 14.3. The predicted molar refractivity (Wildman–Crippen MR) is 103 cm³/mol. The fraction of sp³-hybridized carbons (Fsp3) is 0.0476. The third-order valence-electron chi connectivity index (χ3n) is 4.21. The Kier molecular flexibility index (Phi) is 4.40. The van der Waals surface area contributed by atoms with E-state index in [2.05, 4.69) is 10.3 Å². The van der Waals surface area contributed by atoms with Gasteiger partial charge in [0.25, 0.3) is 5.56 Å². The summed E-state index contributed by atoms with van der Waals surface area (Å²) in [5.74, 6) is -0.183. The van der Waals surface area contributed by atoms with Gasteiger partial charge in [-0.3, -0.25) is 4.79 Å². The van der Waals surface area contributed by atoms with Gasteiger partial charge in [-0.1, -0.05) is 30.3 Å². The maximum atomic E-state index is 13.7. The molecule has 1 aromatic heterocycles. The number of nitrogens with one attached hydrogen (secondary N) is 1. The van der Waals surface area contributed by atoms with Crippen molar-refractivity contribution in [3.63, 3.8) is 0 Å². The molecule has 1 heterocycles. The summed E-state index contributed by atoms with van der Waals surface area (Å²) in [6, 6.07) is 20.2. The van der Waals surface area contributed by atoms with Crippen LogP contribution in [0.5, 0.6) is 0 Å². The van der Waals surface area contributed by atoms with E-state index in [0.717, 1.165) is 5.56 Å². The lowest BCUT2D eigenvalue weighted by Crippen LogP contribution is -2.23. The fourth-order valence-electron chi connectivity index (χ4n) is 2.93. The molecule has 0 spiro atoms. The second kappa shape index (κ2) is 7.01. The highest BCUT2D eigenvalue weighted by Gasteiger charge is 2.14. The molecule has 3 aromatic carbocycles. The number of anilines is 2. The van der Waals surface area contributed by atoms with E-state index in [-0.39, 0.29) is 17.6 Å². The highest BCUT2D eigenvalue weighted by Crippen LogP contribution is 2.21. The van der Waals surface area contributed by atoms with Gasteiger partial charge in [-0.15, -0.1) is 0 Å². The summed E-state index contributed by atoms with van der Waals surface area (Å²) in [6.45, 7) is -0.0918. The van der Waals surface area contributed by atoms with E-state index in [0.29, 0.717) is 22.8 Å². The number of benzene rings is 3. The summed E-state index contributed by atoms with van der Waals surface area (Å²) in [4.78, 5) is 17.6. The van der Waals surface area contributed by atoms with E-state index in [4.69, 9.17) is 0 Å². The minimum absolute atomic E-state index is 0.0918. The second-order valence-electron chi connectivity index (χ2n) is 6.06. The van der Waals surface area contributed by atoms with Crippen LogP contribution in [0.1, 0.15) is 5.56 Å². The normalized spacial score (nSPS) is 10.9. The maximum absolute atomic E-state index is 13.7. The van der Waals surface area contributed by atoms with Crippen molar-refractivity contribution in [1.29, 1.82) is 0 Å². The van der Waals surface area contributed by atoms with Gasteiger partial charge in [0.1, 0.15) is 5.82 Å². The summed E-state index contributed by atoms with van der Waals surface area (Å²) >= 11 is 0. The van der Waals surface area contributed by atoms with E-state index >= 15 is 0 Å². The molecular formula is C21H16FN3O2. The molecule has 0 fully saturated rings. The van der Waals surface area contributed by atoms with Crippen molar-refractivity contribution in [2.75, 3.05) is 5.32 Å². The number of aliphatic hydroxyl groups excluding tert-OH is 1. The van der Waals surface area contributed by atoms with Crippen molar-refractivity contribution >= 4 is 22.5 Å². The number of para-hydroxylation sites is 1. The number of aromatic nitrogens is 2. The van der Waals surface area contributed by atoms with Gasteiger partial charge in [-0.2, -0.15) is 0 Å². The molecule has 0 unspecified atom stereocenters. The molecule has 27 heavy (non-hydrogen) atoms. The number of nitrogens with zero attached hydrogens (tertiary/aromatic N) is 2. The molecule has 4 aromatic rings. The molecule has 0 aliphatic carbocycles. The minimum atomic E-state index is -0.489. The standard InChI is InChI=1S/C21H16FN3O2/c22-15-9-10-19-18(12-15)20(27)25(17-7-2-1-3-8-17)21(24-19)23-16-6-4-5-14(11-16)13-26/h1-12,26H,13H2,(H,23,24). The second-order valence-corrected chi connectivity index (χ2v) is 6.06. The van der Waals surface area contributed by atoms with Crippen LogP contribution in [0.25, 0.3) is 16.6 Å². The molecular weight excluding hydrogens is 345 g/mol. The van der Waals surface area contributed by atoms with Gasteiger partial charge in [0.15, 0.2) is 0 Å². The first-order valence-corrected chi connectivity index (χ1v) is 8.40. The molecule has 6 heteroatoms. The molecule has 0 radical (unpaired) electrons. The largest absolute Gasteiger partial charge is 0.392 e. The fourth-order valence-corrected chi connectivity index (χ4v) is 2.93. The third-order valence-corrected chi connectivity index (χ3v) is 4.21. The van der Waals surface area contributed by atoms with E-state index in [1.165, 1.54) is 22.8 Å². The van der Waals surface area contributed by atoms with Crippen LogP contribution in [0.15, 0.2) is 77.6 Å². The Labute approximate surface area is 154 Å². The number of fused-ring (bicyclic) bond motifs is 1. The van der Waals surface area contributed by atoms with Gasteiger partial charge in [-0.25, -0.2) is 13.9 Å². The van der Waals surface area contributed by atoms with Gasteiger partial charge in [0, 0.05) is 5.69 Å². The molecule has 0 atom stereocenters. The van der Waals surface area contributed by atoms with Crippen LogP contribution in [-0.4, -0.2) is 14.7 Å². The van der Waals surface area contributed by atoms with Crippen LogP contribution in [-0.2, 0) is 6.61 Å². The van der Waals surface area contributed by atoms with Crippen molar-refractivity contribution in [3.8, 4) is 5.69 Å². The number of hydrogen-bond acceptors (Lipinski definition) is 4. The topological polar surface area (TPSA) is 67.2 Å². The van der Waals surface area contributed by atoms with Crippen LogP contribution in [0.2, 0.25) is 0 Å². The van der Waals surface area contributed by atoms with Crippen molar-refractivity contribution in [2.24, 2.45) is 0 Å². The molecule has 0 aliphatic heterocycles. The van der Waals surface area contributed by atoms with Crippen molar-refractivity contribution in [3.05, 3.63) is 94.5 Å². The van der Waals surface area contributed by atoms with E-state index in [9.17, 15) is 14.3 Å². The molecule has 0 saturated heterocycles. The Morgan fingerprint density at radius 3 is 2.59 bits per heavy atom. The summed E-state index contributed by atoms with van der Waals surface area (Å²) in [7, 11) is 0. The van der Waals surface area contributed by atoms with Gasteiger partial charge in [-0.05, 0) is 48.0 Å². The van der Waals surface area contributed by atoms with Gasteiger partial charge >= 0.3 is 0 Å². The van der Waals surface area contributed by atoms with E-state index in [1.807, 2.05) is 24.3 Å². The van der Waals surface area contributed by atoms with Crippen molar-refractivity contribution < 1.29 is 9.50 Å². The predicted octanol–water partition coefficient (Wildman–Crippen LogP) is 3.76. The van der Waals surface area contributed by atoms with Gasteiger partial charge in [0.05, 0.1) is 23.2 Å². The van der Waals surface area contributed by atoms with E-state index in [1.54, 1.807) is 30.3 Å². The lowest BCUT2D eigenvalue weighted by molar-refractivity contribution is 0.282. The highest BCUT2D eigenvalue weighted by atomic mass is 19.1. The van der Waals surface area contributed by atoms with Crippen LogP contribution >= 0.6 is 0 Å². The molecule has 0 saturated carbocycles. The Morgan fingerprint density at radius 2 is 1.81 bits per heavy atom. The first-order chi connectivity index (χ1) is 13.2. The lowest BCUT2D eigenvalue weighted by Gasteiger charge is -2.15. The monoisotopic (exact) mass is 361 g/mol. The number of rotatable bonds is 4. The number of hydrogen-bond donors (Lipinski definition) is 2. The van der Waals surface area contributed by atoms with Gasteiger partial charge < -0.3 is 10.4 Å². The molecule has 0 bridgehead atoms. The summed E-state index contributed by atoms with van der Waals surface area (Å²) in [6.07, 6.45) is 0. The van der Waals surface area contributed by atoms with Crippen molar-refractivity contribution in [2.45, 2.75) is 6.61 Å². The average Bonchev–Trinajstić information content (AvgIpc) is 2.70. The molecule has 134 valence electrons. The lowest BCUT2D eigenvalue weighted by atomic mass is 10.2. The average molecular weight is 361 g/mol. The van der Waals surface area contributed by atoms with Gasteiger partial charge in [0.2, 0.25) is 5.95 Å². The summed E-state index contributed by atoms with van der Waals surface area (Å²) in [5.41, 5.74) is 2.05. The zero-order valence-electron chi connectivity index (χ0n) is 14.3. The smallest absolute Gasteiger partial charge is 0.267 e. The van der Waals surface area contributed by atoms with Crippen molar-refractivity contribution in [1.82, 2.24) is 9.55 Å². The Balaban J connectivity index is 1.95. The SMILES string of the molecule is O=c1c2cc(F)ccc2nc(Nc2cccc(CO)c2)n1-c1ccccc1. The first-order valence-electron chi connectivity index (χ1n) is 8.40. The van der Waals surface area contributed by atoms with Crippen LogP contribution in [0, 0.1) is 5.82 Å². The number of aliphatic hydroxyl groups is 1. The molecule has 0 amide bonds. The first kappa shape index (κ1) is 16.9. The highest BCUT2D eigenvalue weighted by molar-refractivity contribution is 5.80. The molecule has 2 N–H and O–H groups in total. The Hall–Kier alpha value is -3.51. The molecule has 5 nitrogen and oxygen atoms in total. The van der Waals surface area contributed by atoms with E-state index < -0.39 is 5.82 Å².